The van der Waals surface area contributed by atoms with E-state index in [1.165, 1.54) is 0 Å². The minimum Gasteiger partial charge on any atom is -0.396 e. The minimum absolute atomic E-state index is 0.0867. The molecule has 0 amide bonds. The maximum absolute atomic E-state index is 12.6. The van der Waals surface area contributed by atoms with Gasteiger partial charge in [0.25, 0.3) is 5.56 Å². The van der Waals surface area contributed by atoms with Crippen molar-refractivity contribution in [3.63, 3.8) is 0 Å². The number of thiocarbonyl (C=S) groups is 1. The Balaban J connectivity index is 1.60. The van der Waals surface area contributed by atoms with Crippen molar-refractivity contribution in [2.24, 2.45) is 0 Å². The fraction of sp³-hybridized carbons (Fsp3) is 0.545. The smallest absolute Gasteiger partial charge is 0.253 e. The zero-order valence-corrected chi connectivity index (χ0v) is 18.5. The number of H-pyrrole nitrogens is 1. The molecule has 3 N–H and O–H groups in total. The average molecular weight is 433 g/mol. The van der Waals surface area contributed by atoms with Gasteiger partial charge in [-0.25, -0.2) is 0 Å². The zero-order valence-electron chi connectivity index (χ0n) is 17.7. The van der Waals surface area contributed by atoms with Gasteiger partial charge in [0, 0.05) is 38.3 Å². The van der Waals surface area contributed by atoms with Crippen LogP contribution in [0.2, 0.25) is 0 Å². The van der Waals surface area contributed by atoms with Crippen molar-refractivity contribution in [2.75, 3.05) is 52.5 Å². The second-order valence-corrected chi connectivity index (χ2v) is 8.09. The highest BCUT2D eigenvalue weighted by atomic mass is 32.1. The van der Waals surface area contributed by atoms with Crippen LogP contribution in [0.25, 0.3) is 10.9 Å². The first-order valence-corrected chi connectivity index (χ1v) is 11.0. The number of aliphatic hydroxyl groups is 1. The summed E-state index contributed by atoms with van der Waals surface area (Å²) in [5.41, 5.74) is 2.49. The van der Waals surface area contributed by atoms with Crippen molar-refractivity contribution < 1.29 is 9.84 Å². The van der Waals surface area contributed by atoms with E-state index in [9.17, 15) is 9.90 Å². The molecule has 0 atom stereocenters. The fourth-order valence-corrected chi connectivity index (χ4v) is 3.96. The Labute approximate surface area is 183 Å². The summed E-state index contributed by atoms with van der Waals surface area (Å²) < 4.78 is 5.38. The Kier molecular flexibility index (Phi) is 8.62. The van der Waals surface area contributed by atoms with Gasteiger partial charge >= 0.3 is 0 Å². The van der Waals surface area contributed by atoms with E-state index < -0.39 is 0 Å². The summed E-state index contributed by atoms with van der Waals surface area (Å²) in [6, 6.07) is 7.92. The quantitative estimate of drug-likeness (QED) is 0.410. The Hall–Kier alpha value is -2.00. The molecule has 3 rings (SSSR count). The number of nitrogens with one attached hydrogen (secondary N) is 2. The van der Waals surface area contributed by atoms with E-state index >= 15 is 0 Å². The lowest BCUT2D eigenvalue weighted by molar-refractivity contribution is 0.0376. The maximum atomic E-state index is 12.6. The highest BCUT2D eigenvalue weighted by Gasteiger charge is 2.14. The number of aromatic amines is 1. The van der Waals surface area contributed by atoms with Crippen LogP contribution in [0.5, 0.6) is 0 Å². The standard InChI is InChI=1S/C22H32N4O3S/c1-17-5-2-6-18-15-19(21(28)24-20(17)18)16-26(9-4-12-27)22(30)23-7-3-8-25-10-13-29-14-11-25/h2,5-6,15,27H,3-4,7-14,16H2,1H3,(H,23,30)(H,24,28). The van der Waals surface area contributed by atoms with Gasteiger partial charge in [-0.05, 0) is 55.5 Å². The molecule has 30 heavy (non-hydrogen) atoms. The fourth-order valence-electron chi connectivity index (χ4n) is 3.70. The summed E-state index contributed by atoms with van der Waals surface area (Å²) >= 11 is 5.61. The lowest BCUT2D eigenvalue weighted by Crippen LogP contribution is -2.42. The Morgan fingerprint density at radius 2 is 2.13 bits per heavy atom. The number of ether oxygens (including phenoxy) is 1. The van der Waals surface area contributed by atoms with Crippen LogP contribution < -0.4 is 10.9 Å². The van der Waals surface area contributed by atoms with Gasteiger partial charge in [-0.15, -0.1) is 0 Å². The van der Waals surface area contributed by atoms with Crippen LogP contribution in [0.3, 0.4) is 0 Å². The predicted octanol–water partition coefficient (Wildman–Crippen LogP) is 1.62. The number of hydrogen-bond acceptors (Lipinski definition) is 5. The topological polar surface area (TPSA) is 80.8 Å². The monoisotopic (exact) mass is 432 g/mol. The first-order valence-electron chi connectivity index (χ1n) is 10.6. The molecule has 1 aliphatic heterocycles. The van der Waals surface area contributed by atoms with Crippen LogP contribution in [-0.2, 0) is 11.3 Å². The molecule has 1 aromatic heterocycles. The van der Waals surface area contributed by atoms with Gasteiger partial charge in [-0.1, -0.05) is 18.2 Å². The molecule has 1 aromatic carbocycles. The van der Waals surface area contributed by atoms with Crippen molar-refractivity contribution in [1.29, 1.82) is 0 Å². The number of para-hydroxylation sites is 1. The van der Waals surface area contributed by atoms with E-state index in [0.717, 1.165) is 62.3 Å². The molecule has 1 aliphatic rings. The van der Waals surface area contributed by atoms with Gasteiger partial charge in [-0.2, -0.15) is 0 Å². The van der Waals surface area contributed by atoms with Crippen molar-refractivity contribution in [1.82, 2.24) is 20.1 Å². The van der Waals surface area contributed by atoms with Crippen LogP contribution in [-0.4, -0.2) is 77.5 Å². The van der Waals surface area contributed by atoms with Crippen molar-refractivity contribution in [3.8, 4) is 0 Å². The third-order valence-electron chi connectivity index (χ3n) is 5.43. The second-order valence-electron chi connectivity index (χ2n) is 7.70. The van der Waals surface area contributed by atoms with E-state index in [1.807, 2.05) is 36.1 Å². The normalized spacial score (nSPS) is 14.7. The molecular weight excluding hydrogens is 400 g/mol. The summed E-state index contributed by atoms with van der Waals surface area (Å²) in [5.74, 6) is 0. The predicted molar refractivity (Wildman–Crippen MR) is 124 cm³/mol. The third kappa shape index (κ3) is 6.25. The van der Waals surface area contributed by atoms with Crippen LogP contribution in [0.15, 0.2) is 29.1 Å². The highest BCUT2D eigenvalue weighted by molar-refractivity contribution is 7.80. The number of aliphatic hydroxyl groups excluding tert-OH is 1. The summed E-state index contributed by atoms with van der Waals surface area (Å²) in [6.07, 6.45) is 1.59. The van der Waals surface area contributed by atoms with E-state index in [1.54, 1.807) is 0 Å². The molecule has 0 radical (unpaired) electrons. The molecule has 2 aromatic rings. The number of morpholine rings is 1. The minimum atomic E-state index is -0.0964. The Bertz CT molecular complexity index is 896. The van der Waals surface area contributed by atoms with Crippen LogP contribution in [0.1, 0.15) is 24.0 Å². The van der Waals surface area contributed by atoms with Gasteiger partial charge in [0.2, 0.25) is 0 Å². The molecular formula is C22H32N4O3S. The van der Waals surface area contributed by atoms with Crippen molar-refractivity contribution >= 4 is 28.2 Å². The van der Waals surface area contributed by atoms with E-state index in [0.29, 0.717) is 30.2 Å². The van der Waals surface area contributed by atoms with Crippen LogP contribution in [0, 0.1) is 6.92 Å². The number of nitrogens with zero attached hydrogens (tertiary/aromatic N) is 2. The lowest BCUT2D eigenvalue weighted by atomic mass is 10.1. The Morgan fingerprint density at radius 3 is 2.90 bits per heavy atom. The number of fused-ring (bicyclic) bond motifs is 1. The number of aromatic nitrogens is 1. The molecule has 0 aliphatic carbocycles. The lowest BCUT2D eigenvalue weighted by Gasteiger charge is -2.28. The summed E-state index contributed by atoms with van der Waals surface area (Å²) in [6.45, 7) is 8.45. The van der Waals surface area contributed by atoms with Crippen LogP contribution in [0.4, 0.5) is 0 Å². The SMILES string of the molecule is Cc1cccc2cc(CN(CCCO)C(=S)NCCCN3CCOCC3)c(=O)[nH]c12. The van der Waals surface area contributed by atoms with Crippen molar-refractivity contribution in [2.45, 2.75) is 26.3 Å². The molecule has 0 spiro atoms. The third-order valence-corrected chi connectivity index (χ3v) is 5.83. The Morgan fingerprint density at radius 1 is 1.33 bits per heavy atom. The molecule has 0 bridgehead atoms. The van der Waals surface area contributed by atoms with Gasteiger partial charge in [-0.3, -0.25) is 9.69 Å². The van der Waals surface area contributed by atoms with Gasteiger partial charge in [0.15, 0.2) is 5.11 Å². The second kappa shape index (κ2) is 11.4. The molecule has 1 saturated heterocycles. The number of pyridine rings is 1. The summed E-state index contributed by atoms with van der Waals surface area (Å²) in [4.78, 5) is 20.0. The summed E-state index contributed by atoms with van der Waals surface area (Å²) in [7, 11) is 0. The molecule has 0 unspecified atom stereocenters. The van der Waals surface area contributed by atoms with E-state index in [-0.39, 0.29) is 12.2 Å². The zero-order chi connectivity index (χ0) is 21.3. The number of hydrogen-bond donors (Lipinski definition) is 3. The first kappa shape index (κ1) is 22.7. The first-order chi connectivity index (χ1) is 14.6. The number of benzene rings is 1. The molecule has 0 saturated carbocycles. The average Bonchev–Trinajstić information content (AvgIpc) is 2.76. The number of rotatable bonds is 9. The van der Waals surface area contributed by atoms with E-state index in [4.69, 9.17) is 17.0 Å². The van der Waals surface area contributed by atoms with Gasteiger partial charge < -0.3 is 25.0 Å². The molecule has 8 heteroatoms. The highest BCUT2D eigenvalue weighted by Crippen LogP contribution is 2.16. The molecule has 1 fully saturated rings. The summed E-state index contributed by atoms with van der Waals surface area (Å²) in [5, 5.41) is 14.2. The van der Waals surface area contributed by atoms with Crippen molar-refractivity contribution in [3.05, 3.63) is 45.7 Å². The van der Waals surface area contributed by atoms with Crippen LogP contribution >= 0.6 is 12.2 Å². The molecule has 7 nitrogen and oxygen atoms in total. The van der Waals surface area contributed by atoms with E-state index in [2.05, 4.69) is 15.2 Å². The molecule has 2 heterocycles. The largest absolute Gasteiger partial charge is 0.396 e. The molecule has 164 valence electrons. The maximum Gasteiger partial charge on any atom is 0.253 e. The van der Waals surface area contributed by atoms with Gasteiger partial charge in [0.1, 0.15) is 0 Å². The van der Waals surface area contributed by atoms with Gasteiger partial charge in [0.05, 0.1) is 25.3 Å². The number of aryl methyl sites for hydroxylation is 1.